The van der Waals surface area contributed by atoms with Gasteiger partial charge in [-0.1, -0.05) is 0 Å². The van der Waals surface area contributed by atoms with Crippen LogP contribution in [0, 0.1) is 6.07 Å². The molecule has 1 aliphatic heterocycles. The van der Waals surface area contributed by atoms with E-state index in [1.807, 2.05) is 6.07 Å². The molecule has 0 amide bonds. The predicted molar refractivity (Wildman–Crippen MR) is 35.8 cm³/mol. The minimum atomic E-state index is 0. The molecule has 1 aromatic rings. The van der Waals surface area contributed by atoms with Gasteiger partial charge in [0.25, 0.3) is 0 Å². The number of hydrogen-bond donors (Lipinski definition) is 1. The van der Waals surface area contributed by atoms with E-state index in [-0.39, 0.29) is 32.7 Å². The summed E-state index contributed by atoms with van der Waals surface area (Å²) >= 11 is 0. The van der Waals surface area contributed by atoms with Gasteiger partial charge >= 0.3 is 0 Å². The maximum absolute atomic E-state index is 3.27. The predicted octanol–water partition coefficient (Wildman–Crippen LogP) is 1.09. The van der Waals surface area contributed by atoms with E-state index in [1.165, 1.54) is 11.1 Å². The summed E-state index contributed by atoms with van der Waals surface area (Å²) in [5.41, 5.74) is 2.83. The van der Waals surface area contributed by atoms with Gasteiger partial charge in [0, 0.05) is 32.7 Å². The van der Waals surface area contributed by atoms with Crippen LogP contribution in [0.3, 0.4) is 0 Å². The Kier molecular flexibility index (Phi) is 3.03. The van der Waals surface area contributed by atoms with Gasteiger partial charge in [0.2, 0.25) is 0 Å². The van der Waals surface area contributed by atoms with E-state index < -0.39 is 0 Å². The van der Waals surface area contributed by atoms with Crippen LogP contribution in [-0.4, -0.2) is 0 Å². The molecular formula is C8H8NY-. The zero-order valence-electron chi connectivity index (χ0n) is 5.72. The van der Waals surface area contributed by atoms with Crippen LogP contribution in [0.25, 0.3) is 0 Å². The summed E-state index contributed by atoms with van der Waals surface area (Å²) in [7, 11) is 0. The Labute approximate surface area is 86.1 Å². The number of hydrogen-bond acceptors (Lipinski definition) is 1. The van der Waals surface area contributed by atoms with Crippen molar-refractivity contribution < 1.29 is 32.7 Å². The van der Waals surface area contributed by atoms with Gasteiger partial charge < -0.3 is 5.32 Å². The third-order valence-corrected chi connectivity index (χ3v) is 1.68. The van der Waals surface area contributed by atoms with E-state index >= 15 is 0 Å². The minimum absolute atomic E-state index is 0. The van der Waals surface area contributed by atoms with E-state index in [9.17, 15) is 0 Å². The van der Waals surface area contributed by atoms with Gasteiger partial charge in [0.15, 0.2) is 0 Å². The van der Waals surface area contributed by atoms with E-state index in [0.29, 0.717) is 0 Å². The number of benzene rings is 1. The fourth-order valence-corrected chi connectivity index (χ4v) is 1.17. The molecule has 49 valence electrons. The molecule has 1 aromatic carbocycles. The average molecular weight is 207 g/mol. The summed E-state index contributed by atoms with van der Waals surface area (Å²) in [5, 5.41) is 3.27. The molecule has 1 aliphatic rings. The van der Waals surface area contributed by atoms with Crippen molar-refractivity contribution >= 4 is 0 Å². The molecule has 0 saturated carbocycles. The van der Waals surface area contributed by atoms with Crippen molar-refractivity contribution in [2.24, 2.45) is 0 Å². The minimum Gasteiger partial charge on any atom is -0.322 e. The van der Waals surface area contributed by atoms with Crippen molar-refractivity contribution in [1.82, 2.24) is 5.32 Å². The van der Waals surface area contributed by atoms with Gasteiger partial charge in [-0.2, -0.15) is 24.3 Å². The Morgan fingerprint density at radius 3 is 2.90 bits per heavy atom. The second kappa shape index (κ2) is 3.61. The smallest absolute Gasteiger partial charge is 0 e. The third-order valence-electron chi connectivity index (χ3n) is 1.68. The molecule has 0 fully saturated rings. The molecule has 0 bridgehead atoms. The number of rotatable bonds is 0. The molecule has 1 nitrogen and oxygen atoms in total. The summed E-state index contributed by atoms with van der Waals surface area (Å²) in [6, 6.07) is 9.19. The Morgan fingerprint density at radius 2 is 2.10 bits per heavy atom. The second-order valence-electron chi connectivity index (χ2n) is 2.30. The van der Waals surface area contributed by atoms with E-state index in [0.717, 1.165) is 13.1 Å². The summed E-state index contributed by atoms with van der Waals surface area (Å²) in [6.07, 6.45) is 0. The zero-order valence-corrected chi connectivity index (χ0v) is 8.56. The van der Waals surface area contributed by atoms with Crippen LogP contribution in [-0.2, 0) is 45.8 Å². The normalized spacial score (nSPS) is 14.0. The number of fused-ring (bicyclic) bond motifs is 1. The van der Waals surface area contributed by atoms with Crippen molar-refractivity contribution in [3.8, 4) is 0 Å². The molecular weight excluding hydrogens is 199 g/mol. The van der Waals surface area contributed by atoms with Gasteiger partial charge in [-0.15, -0.1) is 11.1 Å². The molecule has 1 radical (unpaired) electrons. The van der Waals surface area contributed by atoms with Gasteiger partial charge in [0.1, 0.15) is 0 Å². The quantitative estimate of drug-likeness (QED) is 0.628. The van der Waals surface area contributed by atoms with Crippen LogP contribution in [0.2, 0.25) is 0 Å². The van der Waals surface area contributed by atoms with E-state index in [4.69, 9.17) is 0 Å². The standard InChI is InChI=1S/C8H8N.Y/c1-2-4-8-6-9-5-7(8)3-1;/h1,3-4,9H,5-6H2;/q-1;. The number of nitrogens with one attached hydrogen (secondary N) is 1. The van der Waals surface area contributed by atoms with Gasteiger partial charge in [-0.25, -0.2) is 0 Å². The summed E-state index contributed by atoms with van der Waals surface area (Å²) in [6.45, 7) is 2.05. The summed E-state index contributed by atoms with van der Waals surface area (Å²) < 4.78 is 0. The molecule has 1 heterocycles. The Hall–Kier alpha value is 0.284. The first kappa shape index (κ1) is 8.38. The second-order valence-corrected chi connectivity index (χ2v) is 2.30. The van der Waals surface area contributed by atoms with Crippen molar-refractivity contribution in [2.75, 3.05) is 0 Å². The fraction of sp³-hybridized carbons (Fsp3) is 0.250. The molecule has 10 heavy (non-hydrogen) atoms. The Bertz CT molecular complexity index is 199. The summed E-state index contributed by atoms with van der Waals surface area (Å²) in [4.78, 5) is 0. The molecule has 1 N–H and O–H groups in total. The molecule has 0 aromatic heterocycles. The zero-order chi connectivity index (χ0) is 6.10. The van der Waals surface area contributed by atoms with Crippen LogP contribution in [0.15, 0.2) is 18.2 Å². The van der Waals surface area contributed by atoms with Crippen molar-refractivity contribution in [3.63, 3.8) is 0 Å². The Morgan fingerprint density at radius 1 is 1.30 bits per heavy atom. The van der Waals surface area contributed by atoms with Gasteiger partial charge in [-0.3, -0.25) is 0 Å². The molecule has 0 spiro atoms. The van der Waals surface area contributed by atoms with Gasteiger partial charge in [0.05, 0.1) is 0 Å². The Balaban J connectivity index is 0.000000500. The first-order valence-electron chi connectivity index (χ1n) is 3.15. The maximum Gasteiger partial charge on any atom is 0 e. The van der Waals surface area contributed by atoms with E-state index in [1.54, 1.807) is 0 Å². The molecule has 0 saturated heterocycles. The van der Waals surface area contributed by atoms with Crippen LogP contribution in [0.5, 0.6) is 0 Å². The van der Waals surface area contributed by atoms with Crippen LogP contribution in [0.4, 0.5) is 0 Å². The van der Waals surface area contributed by atoms with Crippen LogP contribution in [0.1, 0.15) is 11.1 Å². The first-order valence-corrected chi connectivity index (χ1v) is 3.15. The van der Waals surface area contributed by atoms with Gasteiger partial charge in [-0.05, 0) is 13.1 Å². The maximum atomic E-state index is 3.27. The largest absolute Gasteiger partial charge is 0.322 e. The molecule has 0 aliphatic carbocycles. The van der Waals surface area contributed by atoms with E-state index in [2.05, 4.69) is 23.5 Å². The molecule has 2 rings (SSSR count). The van der Waals surface area contributed by atoms with Crippen LogP contribution < -0.4 is 5.32 Å². The van der Waals surface area contributed by atoms with Crippen molar-refractivity contribution in [2.45, 2.75) is 13.1 Å². The monoisotopic (exact) mass is 207 g/mol. The molecule has 0 atom stereocenters. The average Bonchev–Trinajstić information content (AvgIpc) is 2.33. The third kappa shape index (κ3) is 1.47. The summed E-state index contributed by atoms with van der Waals surface area (Å²) in [5.74, 6) is 0. The topological polar surface area (TPSA) is 12.0 Å². The van der Waals surface area contributed by atoms with Crippen LogP contribution >= 0.6 is 0 Å². The molecule has 2 heteroatoms. The SMILES string of the molecule is [Y].[c-]1ccc2c(c1)CNC2. The first-order chi connectivity index (χ1) is 4.47. The van der Waals surface area contributed by atoms with Crippen molar-refractivity contribution in [3.05, 3.63) is 35.4 Å². The molecule has 0 unspecified atom stereocenters. The fourth-order valence-electron chi connectivity index (χ4n) is 1.17. The van der Waals surface area contributed by atoms with Crippen molar-refractivity contribution in [1.29, 1.82) is 0 Å².